The van der Waals surface area contributed by atoms with Crippen molar-refractivity contribution < 1.29 is 9.47 Å². The Morgan fingerprint density at radius 3 is 2.52 bits per heavy atom. The summed E-state index contributed by atoms with van der Waals surface area (Å²) in [5.74, 6) is 1.71. The van der Waals surface area contributed by atoms with Gasteiger partial charge in [-0.05, 0) is 43.7 Å². The minimum absolute atomic E-state index is 0.337. The third kappa shape index (κ3) is 5.58. The lowest BCUT2D eigenvalue weighted by atomic mass is 10.2. The monoisotopic (exact) mass is 285 g/mol. The highest BCUT2D eigenvalue weighted by Gasteiger charge is 2.03. The summed E-state index contributed by atoms with van der Waals surface area (Å²) in [5, 5.41) is 3.44. The van der Waals surface area contributed by atoms with Crippen molar-refractivity contribution >= 4 is 0 Å². The van der Waals surface area contributed by atoms with Crippen molar-refractivity contribution in [2.45, 2.75) is 26.4 Å². The van der Waals surface area contributed by atoms with Crippen molar-refractivity contribution in [3.8, 4) is 11.5 Å². The molecule has 0 bridgehead atoms. The molecule has 21 heavy (non-hydrogen) atoms. The van der Waals surface area contributed by atoms with Crippen LogP contribution in [-0.4, -0.2) is 19.3 Å². The van der Waals surface area contributed by atoms with Gasteiger partial charge in [0.15, 0.2) is 0 Å². The number of rotatable bonds is 8. The molecule has 2 aromatic rings. The first-order valence-electron chi connectivity index (χ1n) is 7.41. The van der Waals surface area contributed by atoms with Crippen molar-refractivity contribution in [1.29, 1.82) is 0 Å². The Balaban J connectivity index is 1.89. The fourth-order valence-electron chi connectivity index (χ4n) is 1.99. The SMILES string of the molecule is CCOCC(C)NCc1cccc(Oc2ccccc2)c1. The van der Waals surface area contributed by atoms with Crippen molar-refractivity contribution in [2.24, 2.45) is 0 Å². The number of para-hydroxylation sites is 1. The Bertz CT molecular complexity index is 528. The van der Waals surface area contributed by atoms with Crippen molar-refractivity contribution in [3.05, 3.63) is 60.2 Å². The first-order chi connectivity index (χ1) is 10.3. The molecule has 0 aliphatic carbocycles. The van der Waals surface area contributed by atoms with Crippen LogP contribution in [0.5, 0.6) is 11.5 Å². The third-order valence-electron chi connectivity index (χ3n) is 3.10. The molecule has 0 fully saturated rings. The summed E-state index contributed by atoms with van der Waals surface area (Å²) in [6.07, 6.45) is 0. The van der Waals surface area contributed by atoms with Gasteiger partial charge in [-0.15, -0.1) is 0 Å². The average molecular weight is 285 g/mol. The molecule has 2 aromatic carbocycles. The number of benzene rings is 2. The van der Waals surface area contributed by atoms with Crippen LogP contribution in [0, 0.1) is 0 Å². The second kappa shape index (κ2) is 8.45. The maximum absolute atomic E-state index is 5.84. The molecule has 0 saturated carbocycles. The Labute approximate surface area is 126 Å². The van der Waals surface area contributed by atoms with E-state index in [1.165, 1.54) is 5.56 Å². The van der Waals surface area contributed by atoms with Crippen LogP contribution in [0.4, 0.5) is 0 Å². The Hall–Kier alpha value is -1.84. The number of hydrogen-bond donors (Lipinski definition) is 1. The zero-order valence-electron chi connectivity index (χ0n) is 12.7. The molecule has 3 nitrogen and oxygen atoms in total. The molecular weight excluding hydrogens is 262 g/mol. The van der Waals surface area contributed by atoms with Gasteiger partial charge in [0, 0.05) is 19.2 Å². The smallest absolute Gasteiger partial charge is 0.127 e. The number of ether oxygens (including phenoxy) is 2. The van der Waals surface area contributed by atoms with Gasteiger partial charge < -0.3 is 14.8 Å². The summed E-state index contributed by atoms with van der Waals surface area (Å²) in [5.41, 5.74) is 1.20. The van der Waals surface area contributed by atoms with E-state index in [1.807, 2.05) is 49.4 Å². The predicted molar refractivity (Wildman–Crippen MR) is 85.8 cm³/mol. The van der Waals surface area contributed by atoms with Crippen molar-refractivity contribution in [1.82, 2.24) is 5.32 Å². The Kier molecular flexibility index (Phi) is 6.25. The minimum Gasteiger partial charge on any atom is -0.457 e. The van der Waals surface area contributed by atoms with Gasteiger partial charge in [0.25, 0.3) is 0 Å². The lowest BCUT2D eigenvalue weighted by molar-refractivity contribution is 0.127. The van der Waals surface area contributed by atoms with E-state index in [0.29, 0.717) is 6.04 Å². The van der Waals surface area contributed by atoms with Gasteiger partial charge in [0.1, 0.15) is 11.5 Å². The summed E-state index contributed by atoms with van der Waals surface area (Å²) < 4.78 is 11.2. The molecule has 0 radical (unpaired) electrons. The highest BCUT2D eigenvalue weighted by Crippen LogP contribution is 2.21. The van der Waals surface area contributed by atoms with Gasteiger partial charge in [-0.1, -0.05) is 30.3 Å². The maximum atomic E-state index is 5.84. The molecule has 112 valence electrons. The topological polar surface area (TPSA) is 30.5 Å². The van der Waals surface area contributed by atoms with Crippen LogP contribution in [-0.2, 0) is 11.3 Å². The Morgan fingerprint density at radius 2 is 1.76 bits per heavy atom. The van der Waals surface area contributed by atoms with Gasteiger partial charge in [0.2, 0.25) is 0 Å². The van der Waals surface area contributed by atoms with E-state index in [2.05, 4.69) is 24.4 Å². The van der Waals surface area contributed by atoms with Gasteiger partial charge in [-0.2, -0.15) is 0 Å². The first-order valence-corrected chi connectivity index (χ1v) is 7.41. The maximum Gasteiger partial charge on any atom is 0.127 e. The van der Waals surface area contributed by atoms with Crippen molar-refractivity contribution in [2.75, 3.05) is 13.2 Å². The average Bonchev–Trinajstić information content (AvgIpc) is 2.52. The molecule has 2 rings (SSSR count). The lowest BCUT2D eigenvalue weighted by Crippen LogP contribution is -2.30. The molecule has 0 aliphatic heterocycles. The van der Waals surface area contributed by atoms with Crippen LogP contribution in [0.15, 0.2) is 54.6 Å². The molecule has 0 heterocycles. The van der Waals surface area contributed by atoms with E-state index in [-0.39, 0.29) is 0 Å². The highest BCUT2D eigenvalue weighted by molar-refractivity contribution is 5.33. The molecule has 0 amide bonds. The molecule has 1 atom stereocenters. The zero-order valence-corrected chi connectivity index (χ0v) is 12.7. The number of nitrogens with one attached hydrogen (secondary N) is 1. The van der Waals surface area contributed by atoms with E-state index in [0.717, 1.165) is 31.3 Å². The molecule has 0 saturated heterocycles. The van der Waals surface area contributed by atoms with Crippen molar-refractivity contribution in [3.63, 3.8) is 0 Å². The molecule has 1 N–H and O–H groups in total. The van der Waals surface area contributed by atoms with Gasteiger partial charge >= 0.3 is 0 Å². The van der Waals surface area contributed by atoms with E-state index in [1.54, 1.807) is 0 Å². The second-order valence-electron chi connectivity index (χ2n) is 5.00. The van der Waals surface area contributed by atoms with E-state index < -0.39 is 0 Å². The zero-order chi connectivity index (χ0) is 14.9. The molecule has 0 spiro atoms. The fraction of sp³-hybridized carbons (Fsp3) is 0.333. The predicted octanol–water partition coefficient (Wildman–Crippen LogP) is 3.99. The summed E-state index contributed by atoms with van der Waals surface area (Å²) in [4.78, 5) is 0. The first kappa shape index (κ1) is 15.5. The molecule has 1 unspecified atom stereocenters. The third-order valence-corrected chi connectivity index (χ3v) is 3.10. The standard InChI is InChI=1S/C18H23NO2/c1-3-20-14-15(2)19-13-16-8-7-11-18(12-16)21-17-9-5-4-6-10-17/h4-12,15,19H,3,13-14H2,1-2H3. The molecule has 0 aliphatic rings. The summed E-state index contributed by atoms with van der Waals surface area (Å²) >= 11 is 0. The normalized spacial score (nSPS) is 12.1. The minimum atomic E-state index is 0.337. The molecule has 0 aromatic heterocycles. The van der Waals surface area contributed by atoms with Crippen LogP contribution in [0.1, 0.15) is 19.4 Å². The Morgan fingerprint density at radius 1 is 1.00 bits per heavy atom. The van der Waals surface area contributed by atoms with Gasteiger partial charge in [-0.25, -0.2) is 0 Å². The van der Waals surface area contributed by atoms with Gasteiger partial charge in [-0.3, -0.25) is 0 Å². The van der Waals surface area contributed by atoms with Crippen LogP contribution in [0.2, 0.25) is 0 Å². The summed E-state index contributed by atoms with van der Waals surface area (Å²) in [7, 11) is 0. The van der Waals surface area contributed by atoms with E-state index in [4.69, 9.17) is 9.47 Å². The lowest BCUT2D eigenvalue weighted by Gasteiger charge is -2.14. The van der Waals surface area contributed by atoms with Crippen LogP contribution < -0.4 is 10.1 Å². The fourth-order valence-corrected chi connectivity index (χ4v) is 1.99. The molecular formula is C18H23NO2. The van der Waals surface area contributed by atoms with Crippen LogP contribution >= 0.6 is 0 Å². The van der Waals surface area contributed by atoms with Gasteiger partial charge in [0.05, 0.1) is 6.61 Å². The van der Waals surface area contributed by atoms with E-state index in [9.17, 15) is 0 Å². The molecule has 3 heteroatoms. The summed E-state index contributed by atoms with van der Waals surface area (Å²) in [6, 6.07) is 18.3. The van der Waals surface area contributed by atoms with E-state index >= 15 is 0 Å². The quantitative estimate of drug-likeness (QED) is 0.795. The van der Waals surface area contributed by atoms with Crippen LogP contribution in [0.3, 0.4) is 0 Å². The highest BCUT2D eigenvalue weighted by atomic mass is 16.5. The second-order valence-corrected chi connectivity index (χ2v) is 5.00. The number of hydrogen-bond acceptors (Lipinski definition) is 3. The van der Waals surface area contributed by atoms with Crippen LogP contribution in [0.25, 0.3) is 0 Å². The largest absolute Gasteiger partial charge is 0.457 e. The summed E-state index contributed by atoms with van der Waals surface area (Å²) in [6.45, 7) is 6.43.